The Hall–Kier alpha value is -1.36. The van der Waals surface area contributed by atoms with Crippen LogP contribution in [0.3, 0.4) is 0 Å². The topological polar surface area (TPSA) is 67.1 Å². The Labute approximate surface area is 102 Å². The lowest BCUT2D eigenvalue weighted by molar-refractivity contribution is 0.630. The van der Waals surface area contributed by atoms with Crippen molar-refractivity contribution in [1.82, 2.24) is 9.97 Å². The van der Waals surface area contributed by atoms with Gasteiger partial charge in [-0.25, -0.2) is 9.97 Å². The summed E-state index contributed by atoms with van der Waals surface area (Å²) in [6.45, 7) is 8.20. The summed E-state index contributed by atoms with van der Waals surface area (Å²) in [7, 11) is 0. The molecular weight excluding hydrogens is 214 g/mol. The molecule has 94 valence electrons. The van der Waals surface area contributed by atoms with E-state index >= 15 is 0 Å². The zero-order valence-corrected chi connectivity index (χ0v) is 10.8. The Kier molecular flexibility index (Phi) is 3.19. The Morgan fingerprint density at radius 3 is 2.76 bits per heavy atom. The molecule has 1 fully saturated rings. The lowest BCUT2D eigenvalue weighted by atomic mass is 10.1. The standard InChI is InChI=1S/C12H21N5/c1-12(2,3)16-10-6-11(15-8-14-10)17-5-4-9(13)7-17/h6,8-9H,4-5,7,13H2,1-3H3,(H,14,15,16). The maximum Gasteiger partial charge on any atom is 0.134 e. The van der Waals surface area contributed by atoms with Gasteiger partial charge in [-0.15, -0.1) is 0 Å². The number of nitrogens with zero attached hydrogens (tertiary/aromatic N) is 3. The number of hydrogen-bond donors (Lipinski definition) is 2. The van der Waals surface area contributed by atoms with Crippen molar-refractivity contribution in [1.29, 1.82) is 0 Å². The van der Waals surface area contributed by atoms with Crippen LogP contribution in [0, 0.1) is 0 Å². The van der Waals surface area contributed by atoms with Crippen molar-refractivity contribution in [2.24, 2.45) is 5.73 Å². The quantitative estimate of drug-likeness (QED) is 0.807. The van der Waals surface area contributed by atoms with E-state index in [1.165, 1.54) is 0 Å². The summed E-state index contributed by atoms with van der Waals surface area (Å²) in [5.41, 5.74) is 5.91. The maximum absolute atomic E-state index is 5.90. The van der Waals surface area contributed by atoms with Gasteiger partial charge in [0.25, 0.3) is 0 Å². The molecular formula is C12H21N5. The molecule has 0 aliphatic carbocycles. The smallest absolute Gasteiger partial charge is 0.134 e. The number of anilines is 2. The van der Waals surface area contributed by atoms with Crippen LogP contribution in [0.5, 0.6) is 0 Å². The first-order chi connectivity index (χ1) is 7.94. The molecule has 2 heterocycles. The third kappa shape index (κ3) is 3.30. The minimum absolute atomic E-state index is 0.00698. The van der Waals surface area contributed by atoms with Gasteiger partial charge in [0.1, 0.15) is 18.0 Å². The molecule has 5 nitrogen and oxygen atoms in total. The van der Waals surface area contributed by atoms with Gasteiger partial charge in [-0.05, 0) is 27.2 Å². The average Bonchev–Trinajstić information content (AvgIpc) is 2.63. The van der Waals surface area contributed by atoms with Crippen molar-refractivity contribution in [3.8, 4) is 0 Å². The van der Waals surface area contributed by atoms with Crippen LogP contribution < -0.4 is 16.0 Å². The molecule has 1 aromatic heterocycles. The molecule has 5 heteroatoms. The highest BCUT2D eigenvalue weighted by Gasteiger charge is 2.21. The van der Waals surface area contributed by atoms with Crippen molar-refractivity contribution >= 4 is 11.6 Å². The van der Waals surface area contributed by atoms with Gasteiger partial charge in [0.05, 0.1) is 0 Å². The molecule has 0 radical (unpaired) electrons. The van der Waals surface area contributed by atoms with Crippen LogP contribution in [0.4, 0.5) is 11.6 Å². The minimum atomic E-state index is 0.00698. The summed E-state index contributed by atoms with van der Waals surface area (Å²) in [6.07, 6.45) is 2.64. The van der Waals surface area contributed by atoms with Crippen LogP contribution in [-0.2, 0) is 0 Å². The second-order valence-electron chi connectivity index (χ2n) is 5.63. The Morgan fingerprint density at radius 2 is 2.18 bits per heavy atom. The van der Waals surface area contributed by atoms with Crippen molar-refractivity contribution in [2.75, 3.05) is 23.3 Å². The van der Waals surface area contributed by atoms with Gasteiger partial charge in [0.2, 0.25) is 0 Å². The minimum Gasteiger partial charge on any atom is -0.365 e. The van der Waals surface area contributed by atoms with Crippen molar-refractivity contribution in [3.63, 3.8) is 0 Å². The molecule has 1 aromatic rings. The van der Waals surface area contributed by atoms with Crippen molar-refractivity contribution < 1.29 is 0 Å². The fraction of sp³-hybridized carbons (Fsp3) is 0.667. The van der Waals surface area contributed by atoms with Crippen LogP contribution >= 0.6 is 0 Å². The third-order valence-electron chi connectivity index (χ3n) is 2.70. The first-order valence-corrected chi connectivity index (χ1v) is 6.05. The second kappa shape index (κ2) is 4.49. The fourth-order valence-electron chi connectivity index (χ4n) is 1.97. The van der Waals surface area contributed by atoms with Crippen LogP contribution in [0.1, 0.15) is 27.2 Å². The van der Waals surface area contributed by atoms with Gasteiger partial charge in [0.15, 0.2) is 0 Å². The van der Waals surface area contributed by atoms with Gasteiger partial charge in [-0.2, -0.15) is 0 Å². The molecule has 3 N–H and O–H groups in total. The molecule has 0 amide bonds. The Balaban J connectivity index is 2.11. The van der Waals surface area contributed by atoms with E-state index in [1.54, 1.807) is 6.33 Å². The molecule has 0 aromatic carbocycles. The number of nitrogens with two attached hydrogens (primary N) is 1. The van der Waals surface area contributed by atoms with E-state index in [4.69, 9.17) is 5.73 Å². The Morgan fingerprint density at radius 1 is 1.41 bits per heavy atom. The number of aromatic nitrogens is 2. The summed E-state index contributed by atoms with van der Waals surface area (Å²) >= 11 is 0. The molecule has 1 atom stereocenters. The highest BCUT2D eigenvalue weighted by atomic mass is 15.2. The van der Waals surface area contributed by atoms with Gasteiger partial charge < -0.3 is 16.0 Å². The zero-order valence-electron chi connectivity index (χ0n) is 10.8. The summed E-state index contributed by atoms with van der Waals surface area (Å²) in [5, 5.41) is 3.35. The van der Waals surface area contributed by atoms with E-state index in [-0.39, 0.29) is 11.6 Å². The van der Waals surface area contributed by atoms with Gasteiger partial charge >= 0.3 is 0 Å². The zero-order chi connectivity index (χ0) is 12.5. The van der Waals surface area contributed by atoms with Gasteiger partial charge in [-0.1, -0.05) is 0 Å². The Bertz CT molecular complexity index is 385. The van der Waals surface area contributed by atoms with Crippen LogP contribution in [0.25, 0.3) is 0 Å². The third-order valence-corrected chi connectivity index (χ3v) is 2.70. The SMILES string of the molecule is CC(C)(C)Nc1cc(N2CCC(N)C2)ncn1. The molecule has 0 saturated carbocycles. The van der Waals surface area contributed by atoms with E-state index in [1.807, 2.05) is 6.07 Å². The average molecular weight is 235 g/mol. The molecule has 0 bridgehead atoms. The maximum atomic E-state index is 5.90. The summed E-state index contributed by atoms with van der Waals surface area (Å²) in [4.78, 5) is 10.7. The van der Waals surface area contributed by atoms with Crippen LogP contribution in [-0.4, -0.2) is 34.6 Å². The molecule has 1 saturated heterocycles. The molecule has 1 aliphatic heterocycles. The highest BCUT2D eigenvalue weighted by Crippen LogP contribution is 2.20. The molecule has 2 rings (SSSR count). The van der Waals surface area contributed by atoms with E-state index < -0.39 is 0 Å². The first-order valence-electron chi connectivity index (χ1n) is 6.05. The fourth-order valence-corrected chi connectivity index (χ4v) is 1.97. The number of rotatable bonds is 2. The van der Waals surface area contributed by atoms with Crippen molar-refractivity contribution in [3.05, 3.63) is 12.4 Å². The lowest BCUT2D eigenvalue weighted by Gasteiger charge is -2.22. The molecule has 1 unspecified atom stereocenters. The van der Waals surface area contributed by atoms with Crippen LogP contribution in [0.15, 0.2) is 12.4 Å². The predicted octanol–water partition coefficient (Wildman–Crippen LogP) is 1.22. The summed E-state index contributed by atoms with van der Waals surface area (Å²) in [6, 6.07) is 2.26. The van der Waals surface area contributed by atoms with E-state index in [0.717, 1.165) is 31.1 Å². The molecule has 17 heavy (non-hydrogen) atoms. The monoisotopic (exact) mass is 235 g/mol. The molecule has 1 aliphatic rings. The summed E-state index contributed by atoms with van der Waals surface area (Å²) in [5.74, 6) is 1.82. The number of nitrogens with one attached hydrogen (secondary N) is 1. The molecule has 0 spiro atoms. The van der Waals surface area contributed by atoms with E-state index in [2.05, 4.69) is 41.0 Å². The number of hydrogen-bond acceptors (Lipinski definition) is 5. The van der Waals surface area contributed by atoms with E-state index in [0.29, 0.717) is 0 Å². The first kappa shape index (κ1) is 12.1. The normalized spacial score (nSPS) is 20.7. The summed E-state index contributed by atoms with van der Waals surface area (Å²) < 4.78 is 0. The highest BCUT2D eigenvalue weighted by molar-refractivity contribution is 5.50. The van der Waals surface area contributed by atoms with Crippen LogP contribution in [0.2, 0.25) is 0 Å². The largest absolute Gasteiger partial charge is 0.365 e. The van der Waals surface area contributed by atoms with Crippen molar-refractivity contribution in [2.45, 2.75) is 38.8 Å². The van der Waals surface area contributed by atoms with Gasteiger partial charge in [0, 0.05) is 30.7 Å². The second-order valence-corrected chi connectivity index (χ2v) is 5.63. The predicted molar refractivity (Wildman–Crippen MR) is 70.2 cm³/mol. The lowest BCUT2D eigenvalue weighted by Crippen LogP contribution is -2.28. The van der Waals surface area contributed by atoms with E-state index in [9.17, 15) is 0 Å². The van der Waals surface area contributed by atoms with Gasteiger partial charge in [-0.3, -0.25) is 0 Å².